The monoisotopic (exact) mass is 348 g/mol. The van der Waals surface area contributed by atoms with Crippen molar-refractivity contribution in [1.82, 2.24) is 0 Å². The van der Waals surface area contributed by atoms with E-state index in [1.807, 2.05) is 13.0 Å². The zero-order chi connectivity index (χ0) is 18.2. The number of hydrogen-bond donors (Lipinski definition) is 0. The number of rotatable bonds is 3. The minimum atomic E-state index is -2.31. The molecule has 0 aromatic heterocycles. The summed E-state index contributed by atoms with van der Waals surface area (Å²) in [5.74, 6) is -12.7. The molecule has 0 fully saturated rings. The first kappa shape index (κ1) is 18.4. The van der Waals surface area contributed by atoms with Crippen molar-refractivity contribution in [2.75, 3.05) is 0 Å². The summed E-state index contributed by atoms with van der Waals surface area (Å²) in [6, 6.07) is 0. The molecule has 1 aromatic carbocycles. The van der Waals surface area contributed by atoms with Crippen LogP contribution in [0, 0.1) is 35.0 Å². The number of esters is 1. The molecule has 0 saturated carbocycles. The fourth-order valence-electron chi connectivity index (χ4n) is 2.75. The Kier molecular flexibility index (Phi) is 5.01. The van der Waals surface area contributed by atoms with Gasteiger partial charge in [0.05, 0.1) is 0 Å². The third-order valence-corrected chi connectivity index (χ3v) is 4.39. The molecule has 0 spiro atoms. The lowest BCUT2D eigenvalue weighted by Crippen LogP contribution is -2.38. The molecule has 0 bridgehead atoms. The maximum absolute atomic E-state index is 13.7. The van der Waals surface area contributed by atoms with Crippen LogP contribution in [0.3, 0.4) is 0 Å². The van der Waals surface area contributed by atoms with Gasteiger partial charge in [-0.25, -0.2) is 26.7 Å². The Bertz CT molecular complexity index is 680. The predicted molar refractivity (Wildman–Crippen MR) is 76.8 cm³/mol. The normalized spacial score (nSPS) is 18.3. The van der Waals surface area contributed by atoms with Crippen molar-refractivity contribution in [3.8, 4) is 0 Å². The van der Waals surface area contributed by atoms with E-state index in [0.29, 0.717) is 12.8 Å². The fourth-order valence-corrected chi connectivity index (χ4v) is 2.75. The number of ether oxygens (including phenoxy) is 1. The molecule has 0 aliphatic heterocycles. The van der Waals surface area contributed by atoms with Gasteiger partial charge in [-0.15, -0.1) is 0 Å². The van der Waals surface area contributed by atoms with E-state index in [2.05, 4.69) is 0 Å². The second kappa shape index (κ2) is 6.53. The van der Waals surface area contributed by atoms with Crippen molar-refractivity contribution in [3.63, 3.8) is 0 Å². The van der Waals surface area contributed by atoms with E-state index in [1.165, 1.54) is 5.57 Å². The van der Waals surface area contributed by atoms with E-state index in [4.69, 9.17) is 4.74 Å². The molecule has 1 aliphatic rings. The fraction of sp³-hybridized carbons (Fsp3) is 0.471. The second-order valence-corrected chi connectivity index (χ2v) is 6.46. The smallest absolute Gasteiger partial charge is 0.344 e. The van der Waals surface area contributed by atoms with Gasteiger partial charge in [0.25, 0.3) is 0 Å². The summed E-state index contributed by atoms with van der Waals surface area (Å²) in [6.45, 7) is 5.07. The van der Waals surface area contributed by atoms with Crippen molar-refractivity contribution in [3.05, 3.63) is 46.3 Å². The summed E-state index contributed by atoms with van der Waals surface area (Å²) in [5, 5.41) is 0. The topological polar surface area (TPSA) is 26.3 Å². The molecular formula is C17H17F5O2. The molecule has 1 aliphatic carbocycles. The van der Waals surface area contributed by atoms with Gasteiger partial charge < -0.3 is 4.74 Å². The summed E-state index contributed by atoms with van der Waals surface area (Å²) in [4.78, 5) is 12.1. The lowest BCUT2D eigenvalue weighted by Gasteiger charge is -2.35. The minimum Gasteiger partial charge on any atom is -0.456 e. The van der Waals surface area contributed by atoms with Gasteiger partial charge in [-0.1, -0.05) is 11.6 Å². The molecular weight excluding hydrogens is 331 g/mol. The number of carbonyl (C=O) groups is 1. The molecule has 0 saturated heterocycles. The van der Waals surface area contributed by atoms with Crippen molar-refractivity contribution >= 4 is 5.97 Å². The first-order valence-electron chi connectivity index (χ1n) is 7.46. The van der Waals surface area contributed by atoms with E-state index >= 15 is 0 Å². The van der Waals surface area contributed by atoms with Crippen LogP contribution in [0.15, 0.2) is 11.6 Å². The molecule has 0 heterocycles. The zero-order valence-corrected chi connectivity index (χ0v) is 13.5. The predicted octanol–water partition coefficient (Wildman–Crippen LogP) is 5.06. The molecule has 132 valence electrons. The van der Waals surface area contributed by atoms with Crippen LogP contribution in [0.4, 0.5) is 22.0 Å². The number of halogens is 5. The minimum absolute atomic E-state index is 0.119. The molecule has 1 unspecified atom stereocenters. The summed E-state index contributed by atoms with van der Waals surface area (Å²) in [7, 11) is 0. The molecule has 1 aromatic rings. The highest BCUT2D eigenvalue weighted by molar-refractivity contribution is 5.90. The molecule has 24 heavy (non-hydrogen) atoms. The highest BCUT2D eigenvalue weighted by atomic mass is 19.2. The van der Waals surface area contributed by atoms with E-state index in [1.54, 1.807) is 13.8 Å². The largest absolute Gasteiger partial charge is 0.456 e. The van der Waals surface area contributed by atoms with Gasteiger partial charge >= 0.3 is 5.97 Å². The Labute approximate surface area is 136 Å². The SMILES string of the molecule is CC1=CCC(C(C)(C)OC(=O)c2c(F)c(F)c(F)c(F)c2F)CC1. The molecule has 1 atom stereocenters. The summed E-state index contributed by atoms with van der Waals surface area (Å²) in [6.07, 6.45) is 4.05. The van der Waals surface area contributed by atoms with E-state index < -0.39 is 46.2 Å². The van der Waals surface area contributed by atoms with E-state index in [-0.39, 0.29) is 5.92 Å². The van der Waals surface area contributed by atoms with Crippen molar-refractivity contribution in [1.29, 1.82) is 0 Å². The standard InChI is InChI=1S/C17H17F5O2/c1-8-4-6-9(7-5-8)17(2,3)24-16(23)10-11(18)13(20)15(22)14(21)12(10)19/h4,9H,5-7H2,1-3H3. The highest BCUT2D eigenvalue weighted by Gasteiger charge is 2.37. The Hall–Kier alpha value is -1.92. The van der Waals surface area contributed by atoms with Crippen molar-refractivity contribution in [2.45, 2.75) is 45.6 Å². The lowest BCUT2D eigenvalue weighted by molar-refractivity contribution is -0.0332. The van der Waals surface area contributed by atoms with Gasteiger partial charge in [-0.2, -0.15) is 0 Å². The second-order valence-electron chi connectivity index (χ2n) is 6.46. The van der Waals surface area contributed by atoms with Gasteiger partial charge in [0.1, 0.15) is 11.2 Å². The van der Waals surface area contributed by atoms with Crippen molar-refractivity contribution < 1.29 is 31.5 Å². The molecule has 2 nitrogen and oxygen atoms in total. The third-order valence-electron chi connectivity index (χ3n) is 4.39. The van der Waals surface area contributed by atoms with Crippen LogP contribution in [0.5, 0.6) is 0 Å². The van der Waals surface area contributed by atoms with Crippen LogP contribution in [0.25, 0.3) is 0 Å². The zero-order valence-electron chi connectivity index (χ0n) is 13.5. The molecule has 0 amide bonds. The Morgan fingerprint density at radius 1 is 1.04 bits per heavy atom. The van der Waals surface area contributed by atoms with E-state index in [9.17, 15) is 26.7 Å². The first-order chi connectivity index (χ1) is 11.1. The first-order valence-corrected chi connectivity index (χ1v) is 7.46. The summed E-state index contributed by atoms with van der Waals surface area (Å²) >= 11 is 0. The number of carbonyl (C=O) groups excluding carboxylic acids is 1. The number of benzene rings is 1. The molecule has 2 rings (SSSR count). The van der Waals surface area contributed by atoms with Crippen LogP contribution in [-0.2, 0) is 4.74 Å². The average molecular weight is 348 g/mol. The maximum atomic E-state index is 13.7. The van der Waals surface area contributed by atoms with Crippen molar-refractivity contribution in [2.24, 2.45) is 5.92 Å². The van der Waals surface area contributed by atoms with Gasteiger partial charge in [0.15, 0.2) is 23.3 Å². The van der Waals surface area contributed by atoms with E-state index in [0.717, 1.165) is 6.42 Å². The molecule has 0 radical (unpaired) electrons. The van der Waals surface area contributed by atoms with Gasteiger partial charge in [-0.3, -0.25) is 0 Å². The van der Waals surface area contributed by atoms with Crippen LogP contribution in [-0.4, -0.2) is 11.6 Å². The third kappa shape index (κ3) is 3.30. The number of hydrogen-bond acceptors (Lipinski definition) is 2. The summed E-state index contributed by atoms with van der Waals surface area (Å²) < 4.78 is 72.0. The van der Waals surface area contributed by atoms with Crippen LogP contribution in [0.1, 0.15) is 50.4 Å². The summed E-state index contributed by atoms with van der Waals surface area (Å²) in [5.41, 5.74) is -1.50. The molecule has 7 heteroatoms. The quantitative estimate of drug-likeness (QED) is 0.251. The maximum Gasteiger partial charge on any atom is 0.344 e. The Morgan fingerprint density at radius 2 is 1.54 bits per heavy atom. The lowest BCUT2D eigenvalue weighted by atomic mass is 9.79. The van der Waals surface area contributed by atoms with Gasteiger partial charge in [-0.05, 0) is 40.0 Å². The number of allylic oxidation sites excluding steroid dienone is 2. The highest BCUT2D eigenvalue weighted by Crippen LogP contribution is 2.35. The van der Waals surface area contributed by atoms with Crippen LogP contribution in [0.2, 0.25) is 0 Å². The molecule has 0 N–H and O–H groups in total. The van der Waals surface area contributed by atoms with Gasteiger partial charge in [0, 0.05) is 5.92 Å². The Morgan fingerprint density at radius 3 is 2.00 bits per heavy atom. The average Bonchev–Trinajstić information content (AvgIpc) is 2.51. The van der Waals surface area contributed by atoms with Gasteiger partial charge in [0.2, 0.25) is 5.82 Å². The van der Waals surface area contributed by atoms with Crippen LogP contribution >= 0.6 is 0 Å². The van der Waals surface area contributed by atoms with Crippen LogP contribution < -0.4 is 0 Å². The Balaban J connectivity index is 2.30.